The second-order valence-electron chi connectivity index (χ2n) is 5.15. The van der Waals surface area contributed by atoms with Gasteiger partial charge < -0.3 is 9.64 Å². The Kier molecular flexibility index (Phi) is 5.74. The van der Waals surface area contributed by atoms with Crippen LogP contribution >= 0.6 is 34.5 Å². The van der Waals surface area contributed by atoms with Crippen molar-refractivity contribution in [1.82, 2.24) is 15.8 Å². The van der Waals surface area contributed by atoms with Crippen LogP contribution in [0, 0.1) is 0 Å². The number of carbonyl (C=O) groups is 2. The maximum atomic E-state index is 12.1. The van der Waals surface area contributed by atoms with Crippen molar-refractivity contribution in [2.75, 3.05) is 31.2 Å². The number of nitrogens with one attached hydrogen (secondary N) is 2. The van der Waals surface area contributed by atoms with E-state index >= 15 is 0 Å². The SMILES string of the molecule is O=C(NNC(=O)c1cc(Cl)ccc1Cl)c1csc(N2CCOCC2)n1. The lowest BCUT2D eigenvalue weighted by Crippen LogP contribution is -2.42. The van der Waals surface area contributed by atoms with Crippen molar-refractivity contribution in [3.8, 4) is 0 Å². The van der Waals surface area contributed by atoms with Crippen LogP contribution in [0.3, 0.4) is 0 Å². The van der Waals surface area contributed by atoms with Gasteiger partial charge in [0, 0.05) is 23.5 Å². The number of thiazole rings is 1. The number of halogens is 2. The van der Waals surface area contributed by atoms with Crippen LogP contribution in [0.15, 0.2) is 23.6 Å². The lowest BCUT2D eigenvalue weighted by atomic mass is 10.2. The van der Waals surface area contributed by atoms with Crippen LogP contribution in [0.5, 0.6) is 0 Å². The molecule has 0 unspecified atom stereocenters. The van der Waals surface area contributed by atoms with Gasteiger partial charge in [0.25, 0.3) is 11.8 Å². The topological polar surface area (TPSA) is 83.6 Å². The Labute approximate surface area is 157 Å². The fourth-order valence-electron chi connectivity index (χ4n) is 2.18. The van der Waals surface area contributed by atoms with E-state index < -0.39 is 11.8 Å². The van der Waals surface area contributed by atoms with Crippen molar-refractivity contribution in [2.24, 2.45) is 0 Å². The number of rotatable bonds is 3. The fraction of sp³-hybridized carbons (Fsp3) is 0.267. The molecular formula is C15H14Cl2N4O3S. The molecule has 0 spiro atoms. The van der Waals surface area contributed by atoms with E-state index in [0.717, 1.165) is 18.2 Å². The average Bonchev–Trinajstić information content (AvgIpc) is 3.12. The Balaban J connectivity index is 1.60. The zero-order valence-corrected chi connectivity index (χ0v) is 15.2. The summed E-state index contributed by atoms with van der Waals surface area (Å²) in [6, 6.07) is 4.50. The fourth-order valence-corrected chi connectivity index (χ4v) is 3.42. The summed E-state index contributed by atoms with van der Waals surface area (Å²) in [6.45, 7) is 2.74. The van der Waals surface area contributed by atoms with Gasteiger partial charge in [0.05, 0.1) is 23.8 Å². The van der Waals surface area contributed by atoms with Gasteiger partial charge in [-0.15, -0.1) is 11.3 Å². The number of anilines is 1. The summed E-state index contributed by atoms with van der Waals surface area (Å²) in [5.41, 5.74) is 5.02. The normalized spacial score (nSPS) is 14.2. The van der Waals surface area contributed by atoms with Crippen LogP contribution in [-0.2, 0) is 4.74 Å². The summed E-state index contributed by atoms with van der Waals surface area (Å²) < 4.78 is 5.29. The lowest BCUT2D eigenvalue weighted by molar-refractivity contribution is 0.0844. The van der Waals surface area contributed by atoms with E-state index in [9.17, 15) is 9.59 Å². The molecule has 3 rings (SSSR count). The summed E-state index contributed by atoms with van der Waals surface area (Å²) in [5, 5.41) is 2.99. The number of aromatic nitrogens is 1. The monoisotopic (exact) mass is 400 g/mol. The second kappa shape index (κ2) is 8.01. The molecule has 1 aliphatic heterocycles. The van der Waals surface area contributed by atoms with E-state index in [1.54, 1.807) is 11.4 Å². The number of amides is 2. The van der Waals surface area contributed by atoms with Crippen molar-refractivity contribution in [2.45, 2.75) is 0 Å². The van der Waals surface area contributed by atoms with Gasteiger partial charge in [-0.1, -0.05) is 23.2 Å². The number of hydrazine groups is 1. The molecule has 132 valence electrons. The first-order valence-corrected chi connectivity index (χ1v) is 9.02. The Morgan fingerprint density at radius 3 is 2.64 bits per heavy atom. The molecule has 2 heterocycles. The summed E-state index contributed by atoms with van der Waals surface area (Å²) in [6.07, 6.45) is 0. The number of ether oxygens (including phenoxy) is 1. The van der Waals surface area contributed by atoms with Gasteiger partial charge in [0.15, 0.2) is 5.13 Å². The molecule has 7 nitrogen and oxygen atoms in total. The minimum Gasteiger partial charge on any atom is -0.378 e. The minimum absolute atomic E-state index is 0.168. The predicted molar refractivity (Wildman–Crippen MR) is 96.5 cm³/mol. The molecule has 2 amide bonds. The number of nitrogens with zero attached hydrogens (tertiary/aromatic N) is 2. The third-order valence-corrected chi connectivity index (χ3v) is 4.94. The number of carbonyl (C=O) groups excluding carboxylic acids is 2. The molecule has 1 saturated heterocycles. The Morgan fingerprint density at radius 2 is 1.88 bits per heavy atom. The molecule has 25 heavy (non-hydrogen) atoms. The summed E-state index contributed by atoms with van der Waals surface area (Å²) in [4.78, 5) is 30.6. The maximum Gasteiger partial charge on any atom is 0.289 e. The quantitative estimate of drug-likeness (QED) is 0.772. The maximum absolute atomic E-state index is 12.1. The van der Waals surface area contributed by atoms with Crippen LogP contribution in [0.1, 0.15) is 20.8 Å². The number of morpholine rings is 1. The first-order chi connectivity index (χ1) is 12.0. The van der Waals surface area contributed by atoms with Crippen LogP contribution in [0.4, 0.5) is 5.13 Å². The minimum atomic E-state index is -0.565. The molecule has 0 bridgehead atoms. The Bertz CT molecular complexity index is 793. The van der Waals surface area contributed by atoms with Crippen molar-refractivity contribution in [1.29, 1.82) is 0 Å². The van der Waals surface area contributed by atoms with E-state index in [2.05, 4.69) is 20.7 Å². The molecule has 0 saturated carbocycles. The van der Waals surface area contributed by atoms with E-state index in [4.69, 9.17) is 27.9 Å². The van der Waals surface area contributed by atoms with Crippen molar-refractivity contribution in [3.63, 3.8) is 0 Å². The molecule has 1 aromatic carbocycles. The van der Waals surface area contributed by atoms with Crippen LogP contribution in [0.2, 0.25) is 10.0 Å². The summed E-state index contributed by atoms with van der Waals surface area (Å²) in [5.74, 6) is -1.08. The zero-order chi connectivity index (χ0) is 17.8. The van der Waals surface area contributed by atoms with E-state index in [1.165, 1.54) is 23.5 Å². The summed E-state index contributed by atoms with van der Waals surface area (Å²) >= 11 is 13.2. The second-order valence-corrected chi connectivity index (χ2v) is 6.83. The zero-order valence-electron chi connectivity index (χ0n) is 12.9. The van der Waals surface area contributed by atoms with Gasteiger partial charge in [0.2, 0.25) is 0 Å². The van der Waals surface area contributed by atoms with Crippen LogP contribution < -0.4 is 15.8 Å². The van der Waals surface area contributed by atoms with Gasteiger partial charge in [0.1, 0.15) is 5.69 Å². The van der Waals surface area contributed by atoms with E-state index in [-0.39, 0.29) is 16.3 Å². The highest BCUT2D eigenvalue weighted by Crippen LogP contribution is 2.22. The van der Waals surface area contributed by atoms with Crippen molar-refractivity contribution < 1.29 is 14.3 Å². The Morgan fingerprint density at radius 1 is 1.16 bits per heavy atom. The van der Waals surface area contributed by atoms with Crippen molar-refractivity contribution in [3.05, 3.63) is 44.9 Å². The standard InChI is InChI=1S/C15H14Cl2N4O3S/c16-9-1-2-11(17)10(7-9)13(22)19-20-14(23)12-8-25-15(18-12)21-3-5-24-6-4-21/h1-2,7-8H,3-6H2,(H,19,22)(H,20,23). The first-order valence-electron chi connectivity index (χ1n) is 7.38. The van der Waals surface area contributed by atoms with Gasteiger partial charge in [-0.3, -0.25) is 20.4 Å². The molecule has 1 aromatic heterocycles. The predicted octanol–water partition coefficient (Wildman–Crippen LogP) is 2.36. The van der Waals surface area contributed by atoms with E-state index in [0.29, 0.717) is 18.2 Å². The molecule has 10 heteroatoms. The number of benzene rings is 1. The third-order valence-electron chi connectivity index (χ3n) is 3.47. The van der Waals surface area contributed by atoms with Gasteiger partial charge in [-0.2, -0.15) is 0 Å². The van der Waals surface area contributed by atoms with Crippen molar-refractivity contribution >= 4 is 51.5 Å². The van der Waals surface area contributed by atoms with Gasteiger partial charge >= 0.3 is 0 Å². The lowest BCUT2D eigenvalue weighted by Gasteiger charge is -2.25. The molecule has 1 fully saturated rings. The van der Waals surface area contributed by atoms with Gasteiger partial charge in [-0.05, 0) is 18.2 Å². The highest BCUT2D eigenvalue weighted by molar-refractivity contribution is 7.13. The van der Waals surface area contributed by atoms with Gasteiger partial charge in [-0.25, -0.2) is 4.98 Å². The smallest absolute Gasteiger partial charge is 0.289 e. The molecule has 1 aliphatic rings. The van der Waals surface area contributed by atoms with Crippen LogP contribution in [0.25, 0.3) is 0 Å². The molecule has 0 atom stereocenters. The largest absolute Gasteiger partial charge is 0.378 e. The number of hydrogen-bond donors (Lipinski definition) is 2. The number of hydrogen-bond acceptors (Lipinski definition) is 6. The van der Waals surface area contributed by atoms with E-state index in [1.807, 2.05) is 0 Å². The molecule has 2 aromatic rings. The Hall–Kier alpha value is -1.87. The van der Waals surface area contributed by atoms with Crippen LogP contribution in [-0.4, -0.2) is 43.1 Å². The third kappa shape index (κ3) is 4.40. The first kappa shape index (κ1) is 17.9. The molecule has 0 radical (unpaired) electrons. The molecule has 0 aliphatic carbocycles. The average molecular weight is 401 g/mol. The summed E-state index contributed by atoms with van der Waals surface area (Å²) in [7, 11) is 0. The molecule has 2 N–H and O–H groups in total. The molecular weight excluding hydrogens is 387 g/mol. The highest BCUT2D eigenvalue weighted by atomic mass is 35.5. The highest BCUT2D eigenvalue weighted by Gasteiger charge is 2.18.